The SMILES string of the molecule is CCCCCCC(C)N(C(C)CCCCCC)C(C)CCCCCC. The Balaban J connectivity index is 4.49. The average Bonchev–Trinajstić information content (AvgIpc) is 2.59. The first-order valence-electron chi connectivity index (χ1n) is 11.9. The summed E-state index contributed by atoms with van der Waals surface area (Å²) in [5, 5.41) is 0. The molecule has 0 saturated carbocycles. The van der Waals surface area contributed by atoms with Crippen LogP contribution in [-0.4, -0.2) is 23.0 Å². The van der Waals surface area contributed by atoms with Crippen molar-refractivity contribution in [2.24, 2.45) is 0 Å². The summed E-state index contributed by atoms with van der Waals surface area (Å²) in [4.78, 5) is 2.89. The highest BCUT2D eigenvalue weighted by atomic mass is 15.2. The second kappa shape index (κ2) is 17.4. The minimum absolute atomic E-state index is 0.749. The van der Waals surface area contributed by atoms with Crippen LogP contribution in [0.3, 0.4) is 0 Å². The second-order valence-electron chi connectivity index (χ2n) is 8.54. The molecule has 0 aromatic heterocycles. The molecule has 3 atom stereocenters. The molecule has 25 heavy (non-hydrogen) atoms. The van der Waals surface area contributed by atoms with Crippen LogP contribution in [-0.2, 0) is 0 Å². The Morgan fingerprint density at radius 2 is 0.720 bits per heavy atom. The van der Waals surface area contributed by atoms with Crippen molar-refractivity contribution in [3.8, 4) is 0 Å². The summed E-state index contributed by atoms with van der Waals surface area (Å²) in [5.41, 5.74) is 0. The number of unbranched alkanes of at least 4 members (excludes halogenated alkanes) is 9. The van der Waals surface area contributed by atoms with Crippen LogP contribution >= 0.6 is 0 Å². The van der Waals surface area contributed by atoms with Crippen molar-refractivity contribution in [1.82, 2.24) is 4.90 Å². The molecule has 0 aromatic rings. The van der Waals surface area contributed by atoms with E-state index in [1.54, 1.807) is 0 Å². The first-order valence-corrected chi connectivity index (χ1v) is 11.9. The smallest absolute Gasteiger partial charge is 0.00725 e. The van der Waals surface area contributed by atoms with Gasteiger partial charge >= 0.3 is 0 Å². The van der Waals surface area contributed by atoms with Gasteiger partial charge in [0.25, 0.3) is 0 Å². The van der Waals surface area contributed by atoms with Crippen LogP contribution in [0.4, 0.5) is 0 Å². The standard InChI is InChI=1S/C24H51N/c1-7-10-13-16-19-22(4)25(23(5)20-17-14-11-8-2)24(6)21-18-15-12-9-3/h22-24H,7-21H2,1-6H3. The van der Waals surface area contributed by atoms with Gasteiger partial charge in [-0.2, -0.15) is 0 Å². The second-order valence-corrected chi connectivity index (χ2v) is 8.54. The summed E-state index contributed by atoms with van der Waals surface area (Å²) in [5.74, 6) is 0. The molecular formula is C24H51N. The van der Waals surface area contributed by atoms with E-state index < -0.39 is 0 Å². The molecule has 0 radical (unpaired) electrons. The van der Waals surface area contributed by atoms with E-state index in [1.165, 1.54) is 96.3 Å². The van der Waals surface area contributed by atoms with Gasteiger partial charge in [-0.15, -0.1) is 0 Å². The molecule has 0 rings (SSSR count). The van der Waals surface area contributed by atoms with Gasteiger partial charge in [0.1, 0.15) is 0 Å². The van der Waals surface area contributed by atoms with Crippen molar-refractivity contribution in [3.05, 3.63) is 0 Å². The fourth-order valence-electron chi connectivity index (χ4n) is 4.35. The minimum Gasteiger partial charge on any atom is -0.295 e. The largest absolute Gasteiger partial charge is 0.295 e. The van der Waals surface area contributed by atoms with Gasteiger partial charge in [-0.05, 0) is 40.0 Å². The number of hydrogen-bond donors (Lipinski definition) is 0. The first-order chi connectivity index (χ1) is 12.1. The maximum Gasteiger partial charge on any atom is 0.00725 e. The number of rotatable bonds is 18. The molecule has 0 fully saturated rings. The zero-order valence-electron chi connectivity index (χ0n) is 18.8. The van der Waals surface area contributed by atoms with E-state index in [4.69, 9.17) is 0 Å². The van der Waals surface area contributed by atoms with Gasteiger partial charge in [0.2, 0.25) is 0 Å². The summed E-state index contributed by atoms with van der Waals surface area (Å²) in [6.07, 6.45) is 20.9. The van der Waals surface area contributed by atoms with E-state index >= 15 is 0 Å². The monoisotopic (exact) mass is 353 g/mol. The van der Waals surface area contributed by atoms with Crippen molar-refractivity contribution < 1.29 is 0 Å². The highest BCUT2D eigenvalue weighted by molar-refractivity contribution is 4.79. The molecule has 0 aliphatic rings. The number of hydrogen-bond acceptors (Lipinski definition) is 1. The van der Waals surface area contributed by atoms with E-state index in [9.17, 15) is 0 Å². The van der Waals surface area contributed by atoms with Crippen LogP contribution in [0.25, 0.3) is 0 Å². The fraction of sp³-hybridized carbons (Fsp3) is 1.00. The molecule has 0 aromatic carbocycles. The van der Waals surface area contributed by atoms with Gasteiger partial charge in [-0.25, -0.2) is 0 Å². The zero-order chi connectivity index (χ0) is 18.9. The summed E-state index contributed by atoms with van der Waals surface area (Å²) < 4.78 is 0. The Labute approximate surface area is 161 Å². The normalized spacial score (nSPS) is 15.5. The quantitative estimate of drug-likeness (QED) is 0.224. The molecule has 0 amide bonds. The van der Waals surface area contributed by atoms with Crippen LogP contribution in [0, 0.1) is 0 Å². The minimum atomic E-state index is 0.749. The Morgan fingerprint density at radius 1 is 0.440 bits per heavy atom. The predicted molar refractivity (Wildman–Crippen MR) is 117 cm³/mol. The molecule has 152 valence electrons. The summed E-state index contributed by atoms with van der Waals surface area (Å²) in [6, 6.07) is 2.25. The van der Waals surface area contributed by atoms with E-state index in [2.05, 4.69) is 46.4 Å². The van der Waals surface area contributed by atoms with E-state index in [-0.39, 0.29) is 0 Å². The maximum absolute atomic E-state index is 2.89. The number of nitrogens with zero attached hydrogens (tertiary/aromatic N) is 1. The molecule has 0 aliphatic carbocycles. The van der Waals surface area contributed by atoms with E-state index in [0.29, 0.717) is 0 Å². The highest BCUT2D eigenvalue weighted by Crippen LogP contribution is 2.23. The van der Waals surface area contributed by atoms with Gasteiger partial charge in [-0.3, -0.25) is 4.90 Å². The van der Waals surface area contributed by atoms with E-state index in [1.807, 2.05) is 0 Å². The molecule has 0 spiro atoms. The fourth-order valence-corrected chi connectivity index (χ4v) is 4.35. The lowest BCUT2D eigenvalue weighted by molar-refractivity contribution is 0.0835. The Morgan fingerprint density at radius 3 is 0.960 bits per heavy atom. The average molecular weight is 354 g/mol. The van der Waals surface area contributed by atoms with Crippen LogP contribution < -0.4 is 0 Å². The van der Waals surface area contributed by atoms with Crippen molar-refractivity contribution in [2.75, 3.05) is 0 Å². The molecule has 1 nitrogen and oxygen atoms in total. The Kier molecular flexibility index (Phi) is 17.3. The molecule has 0 saturated heterocycles. The van der Waals surface area contributed by atoms with Gasteiger partial charge in [0, 0.05) is 18.1 Å². The van der Waals surface area contributed by atoms with Gasteiger partial charge in [0.15, 0.2) is 0 Å². The Hall–Kier alpha value is -0.0400. The maximum atomic E-state index is 2.89. The molecule has 0 aliphatic heterocycles. The van der Waals surface area contributed by atoms with Crippen LogP contribution in [0.1, 0.15) is 138 Å². The molecule has 0 N–H and O–H groups in total. The van der Waals surface area contributed by atoms with Gasteiger partial charge in [0.05, 0.1) is 0 Å². The molecule has 0 bridgehead atoms. The third-order valence-corrected chi connectivity index (χ3v) is 5.95. The van der Waals surface area contributed by atoms with Crippen LogP contribution in [0.15, 0.2) is 0 Å². The molecule has 1 heteroatoms. The lowest BCUT2D eigenvalue weighted by Crippen LogP contribution is -2.46. The van der Waals surface area contributed by atoms with Crippen molar-refractivity contribution in [3.63, 3.8) is 0 Å². The summed E-state index contributed by atoms with van der Waals surface area (Å²) >= 11 is 0. The van der Waals surface area contributed by atoms with Crippen LogP contribution in [0.5, 0.6) is 0 Å². The highest BCUT2D eigenvalue weighted by Gasteiger charge is 2.24. The summed E-state index contributed by atoms with van der Waals surface area (Å²) in [6.45, 7) is 14.4. The lowest BCUT2D eigenvalue weighted by Gasteiger charge is -2.40. The van der Waals surface area contributed by atoms with Crippen molar-refractivity contribution >= 4 is 0 Å². The third kappa shape index (κ3) is 12.9. The van der Waals surface area contributed by atoms with Crippen molar-refractivity contribution in [1.29, 1.82) is 0 Å². The third-order valence-electron chi connectivity index (χ3n) is 5.95. The Bertz CT molecular complexity index is 220. The van der Waals surface area contributed by atoms with Crippen molar-refractivity contribution in [2.45, 2.75) is 156 Å². The van der Waals surface area contributed by atoms with E-state index in [0.717, 1.165) is 18.1 Å². The molecule has 0 heterocycles. The van der Waals surface area contributed by atoms with Gasteiger partial charge < -0.3 is 0 Å². The summed E-state index contributed by atoms with van der Waals surface area (Å²) in [7, 11) is 0. The topological polar surface area (TPSA) is 3.24 Å². The zero-order valence-corrected chi connectivity index (χ0v) is 18.8. The van der Waals surface area contributed by atoms with Crippen LogP contribution in [0.2, 0.25) is 0 Å². The first kappa shape index (κ1) is 25.0. The molecular weight excluding hydrogens is 302 g/mol. The lowest BCUT2D eigenvalue weighted by atomic mass is 9.98. The molecule has 3 unspecified atom stereocenters. The predicted octanol–water partition coefficient (Wildman–Crippen LogP) is 8.37. The van der Waals surface area contributed by atoms with Gasteiger partial charge in [-0.1, -0.05) is 97.8 Å².